The molecule has 0 aromatic rings. The Morgan fingerprint density at radius 3 is 3.00 bits per heavy atom. The molecular weight excluding hydrogens is 194 g/mol. The van der Waals surface area contributed by atoms with Crippen molar-refractivity contribution < 1.29 is 4.74 Å². The van der Waals surface area contributed by atoms with Crippen molar-refractivity contribution in [3.8, 4) is 0 Å². The van der Waals surface area contributed by atoms with Crippen LogP contribution in [0.5, 0.6) is 0 Å². The van der Waals surface area contributed by atoms with Gasteiger partial charge in [0.2, 0.25) is 0 Å². The molecular formula is C11H23NOS. The van der Waals surface area contributed by atoms with Gasteiger partial charge in [0.1, 0.15) is 0 Å². The van der Waals surface area contributed by atoms with Crippen LogP contribution in [0.15, 0.2) is 0 Å². The van der Waals surface area contributed by atoms with Crippen LogP contribution >= 0.6 is 11.8 Å². The third-order valence-electron chi connectivity index (χ3n) is 2.75. The summed E-state index contributed by atoms with van der Waals surface area (Å²) in [6, 6.07) is 0.774. The molecule has 14 heavy (non-hydrogen) atoms. The highest BCUT2D eigenvalue weighted by atomic mass is 32.2. The topological polar surface area (TPSA) is 21.3 Å². The molecule has 1 saturated carbocycles. The Balaban J connectivity index is 1.98. The van der Waals surface area contributed by atoms with E-state index in [2.05, 4.69) is 24.0 Å². The molecule has 84 valence electrons. The second kappa shape index (κ2) is 7.55. The van der Waals surface area contributed by atoms with Crippen molar-refractivity contribution in [3.05, 3.63) is 0 Å². The number of methoxy groups -OCH3 is 1. The molecule has 0 aromatic heterocycles. The Labute approximate surface area is 92.2 Å². The third kappa shape index (κ3) is 4.67. The summed E-state index contributed by atoms with van der Waals surface area (Å²) in [5.41, 5.74) is 0. The van der Waals surface area contributed by atoms with Crippen LogP contribution in [0.4, 0.5) is 0 Å². The van der Waals surface area contributed by atoms with Gasteiger partial charge in [-0.15, -0.1) is 0 Å². The van der Waals surface area contributed by atoms with Crippen molar-refractivity contribution in [2.45, 2.75) is 43.9 Å². The van der Waals surface area contributed by atoms with Crippen molar-refractivity contribution in [1.82, 2.24) is 5.32 Å². The van der Waals surface area contributed by atoms with Gasteiger partial charge in [0.15, 0.2) is 0 Å². The quantitative estimate of drug-likeness (QED) is 0.661. The first-order chi connectivity index (χ1) is 6.86. The van der Waals surface area contributed by atoms with E-state index in [4.69, 9.17) is 4.74 Å². The molecule has 2 nitrogen and oxygen atoms in total. The number of rotatable bonds is 7. The predicted octanol–water partition coefficient (Wildman–Crippen LogP) is 2.29. The maximum Gasteiger partial charge on any atom is 0.0474 e. The number of nitrogens with one attached hydrogen (secondary N) is 1. The smallest absolute Gasteiger partial charge is 0.0474 e. The molecule has 1 fully saturated rings. The van der Waals surface area contributed by atoms with Gasteiger partial charge in [-0.1, -0.05) is 6.92 Å². The molecule has 0 amide bonds. The van der Waals surface area contributed by atoms with E-state index in [1.807, 2.05) is 0 Å². The van der Waals surface area contributed by atoms with Crippen molar-refractivity contribution in [1.29, 1.82) is 0 Å². The van der Waals surface area contributed by atoms with E-state index in [9.17, 15) is 0 Å². The van der Waals surface area contributed by atoms with Crippen molar-refractivity contribution in [3.63, 3.8) is 0 Å². The van der Waals surface area contributed by atoms with Gasteiger partial charge < -0.3 is 10.1 Å². The Hall–Kier alpha value is 0.270. The lowest BCUT2D eigenvalue weighted by Crippen LogP contribution is -2.28. The summed E-state index contributed by atoms with van der Waals surface area (Å²) < 4.78 is 5.02. The molecule has 2 atom stereocenters. The van der Waals surface area contributed by atoms with Crippen LogP contribution in [0.25, 0.3) is 0 Å². The highest BCUT2D eigenvalue weighted by Gasteiger charge is 2.23. The second-order valence-electron chi connectivity index (χ2n) is 3.89. The lowest BCUT2D eigenvalue weighted by Gasteiger charge is -2.12. The summed E-state index contributed by atoms with van der Waals surface area (Å²) in [7, 11) is 1.77. The monoisotopic (exact) mass is 217 g/mol. The van der Waals surface area contributed by atoms with Gasteiger partial charge in [-0.25, -0.2) is 0 Å². The molecule has 0 radical (unpaired) electrons. The normalized spacial score (nSPS) is 27.0. The van der Waals surface area contributed by atoms with Crippen molar-refractivity contribution >= 4 is 11.8 Å². The van der Waals surface area contributed by atoms with E-state index in [1.165, 1.54) is 25.0 Å². The third-order valence-corrected chi connectivity index (χ3v) is 3.98. The van der Waals surface area contributed by atoms with Gasteiger partial charge in [-0.05, 0) is 38.0 Å². The number of hydrogen-bond donors (Lipinski definition) is 1. The molecule has 0 aliphatic heterocycles. The minimum atomic E-state index is 0.774. The molecule has 0 bridgehead atoms. The zero-order chi connectivity index (χ0) is 10.2. The summed E-state index contributed by atoms with van der Waals surface area (Å²) in [6.45, 7) is 4.25. The first kappa shape index (κ1) is 12.3. The maximum atomic E-state index is 5.02. The largest absolute Gasteiger partial charge is 0.385 e. The van der Waals surface area contributed by atoms with Gasteiger partial charge in [-0.3, -0.25) is 0 Å². The van der Waals surface area contributed by atoms with E-state index < -0.39 is 0 Å². The molecule has 0 spiro atoms. The van der Waals surface area contributed by atoms with E-state index in [0.29, 0.717) is 0 Å². The van der Waals surface area contributed by atoms with Crippen LogP contribution < -0.4 is 5.32 Å². The van der Waals surface area contributed by atoms with E-state index in [0.717, 1.165) is 30.9 Å². The Bertz CT molecular complexity index is 143. The summed E-state index contributed by atoms with van der Waals surface area (Å²) in [6.07, 6.45) is 5.27. The molecule has 1 rings (SSSR count). The van der Waals surface area contributed by atoms with Crippen LogP contribution in [0.1, 0.15) is 32.6 Å². The minimum absolute atomic E-state index is 0.774. The highest BCUT2D eigenvalue weighted by molar-refractivity contribution is 7.99. The van der Waals surface area contributed by atoms with Gasteiger partial charge >= 0.3 is 0 Å². The average molecular weight is 217 g/mol. The van der Waals surface area contributed by atoms with E-state index in [-0.39, 0.29) is 0 Å². The van der Waals surface area contributed by atoms with Crippen LogP contribution in [-0.2, 0) is 4.74 Å². The summed E-state index contributed by atoms with van der Waals surface area (Å²) >= 11 is 2.12. The SMILES string of the molecule is CCSC1CCC(NCCCOC)C1. The lowest BCUT2D eigenvalue weighted by atomic mass is 10.2. The fraction of sp³-hybridized carbons (Fsp3) is 1.00. The lowest BCUT2D eigenvalue weighted by molar-refractivity contribution is 0.193. The van der Waals surface area contributed by atoms with Gasteiger partial charge in [0, 0.05) is 25.0 Å². The van der Waals surface area contributed by atoms with Crippen LogP contribution in [0.3, 0.4) is 0 Å². The molecule has 0 saturated heterocycles. The van der Waals surface area contributed by atoms with Crippen molar-refractivity contribution in [2.24, 2.45) is 0 Å². The Morgan fingerprint density at radius 1 is 1.43 bits per heavy atom. The molecule has 1 aliphatic carbocycles. The second-order valence-corrected chi connectivity index (χ2v) is 5.47. The number of hydrogen-bond acceptors (Lipinski definition) is 3. The molecule has 1 aliphatic rings. The van der Waals surface area contributed by atoms with Crippen LogP contribution in [0, 0.1) is 0 Å². The summed E-state index contributed by atoms with van der Waals surface area (Å²) in [5.74, 6) is 1.26. The highest BCUT2D eigenvalue weighted by Crippen LogP contribution is 2.29. The van der Waals surface area contributed by atoms with Crippen molar-refractivity contribution in [2.75, 3.05) is 26.0 Å². The zero-order valence-corrected chi connectivity index (χ0v) is 10.2. The van der Waals surface area contributed by atoms with Crippen LogP contribution in [0.2, 0.25) is 0 Å². The molecule has 1 N–H and O–H groups in total. The summed E-state index contributed by atoms with van der Waals surface area (Å²) in [5, 5.41) is 4.53. The van der Waals surface area contributed by atoms with Gasteiger partial charge in [0.05, 0.1) is 0 Å². The summed E-state index contributed by atoms with van der Waals surface area (Å²) in [4.78, 5) is 0. The molecule has 0 heterocycles. The van der Waals surface area contributed by atoms with Gasteiger partial charge in [-0.2, -0.15) is 11.8 Å². The zero-order valence-electron chi connectivity index (χ0n) is 9.42. The standard InChI is InChI=1S/C11H23NOS/c1-3-14-11-6-5-10(9-11)12-7-4-8-13-2/h10-12H,3-9H2,1-2H3. The van der Waals surface area contributed by atoms with Gasteiger partial charge in [0.25, 0.3) is 0 Å². The number of thioether (sulfide) groups is 1. The van der Waals surface area contributed by atoms with E-state index in [1.54, 1.807) is 7.11 Å². The Morgan fingerprint density at radius 2 is 2.29 bits per heavy atom. The average Bonchev–Trinajstić information content (AvgIpc) is 2.61. The maximum absolute atomic E-state index is 5.02. The number of ether oxygens (including phenoxy) is 1. The molecule has 3 heteroatoms. The minimum Gasteiger partial charge on any atom is -0.385 e. The fourth-order valence-corrected chi connectivity index (χ4v) is 3.18. The first-order valence-corrected chi connectivity index (χ1v) is 6.75. The molecule has 0 aromatic carbocycles. The van der Waals surface area contributed by atoms with Crippen LogP contribution in [-0.4, -0.2) is 37.3 Å². The Kier molecular flexibility index (Phi) is 6.65. The first-order valence-electron chi connectivity index (χ1n) is 5.70. The van der Waals surface area contributed by atoms with E-state index >= 15 is 0 Å². The predicted molar refractivity (Wildman–Crippen MR) is 64.1 cm³/mol. The molecule has 2 unspecified atom stereocenters. The fourth-order valence-electron chi connectivity index (χ4n) is 2.04.